The minimum atomic E-state index is -9.69. The lowest BCUT2D eigenvalue weighted by Crippen LogP contribution is -2.77. The molecule has 0 saturated carbocycles. The van der Waals surface area contributed by atoms with Crippen molar-refractivity contribution in [3.63, 3.8) is 0 Å². The van der Waals surface area contributed by atoms with Crippen molar-refractivity contribution in [1.29, 1.82) is 0 Å². The molecule has 0 spiro atoms. The lowest BCUT2D eigenvalue weighted by atomic mass is 9.86. The second-order valence-electron chi connectivity index (χ2n) is 24.1. The molecule has 722 valence electrons. The van der Waals surface area contributed by atoms with Crippen molar-refractivity contribution in [2.75, 3.05) is 85.9 Å². The van der Waals surface area contributed by atoms with E-state index in [1.807, 2.05) is 0 Å². The molecule has 0 aliphatic heterocycles. The molecule has 0 aromatic carbocycles. The third-order valence-electron chi connectivity index (χ3n) is 15.0. The second-order valence-corrected chi connectivity index (χ2v) is 24.1. The fraction of sp³-hybridized carbons (Fsp3) is 1.00. The predicted molar refractivity (Wildman–Crippen MR) is 244 cm³/mol. The van der Waals surface area contributed by atoms with Gasteiger partial charge in [0.25, 0.3) is 0 Å². The lowest BCUT2D eigenvalue weighted by Gasteiger charge is -2.44. The molecule has 0 aliphatic carbocycles. The van der Waals surface area contributed by atoms with Gasteiger partial charge in [0.2, 0.25) is 0 Å². The van der Waals surface area contributed by atoms with Gasteiger partial charge in [-0.3, -0.25) is 0 Å². The van der Waals surface area contributed by atoms with Crippen molar-refractivity contribution in [3.05, 3.63) is 0 Å². The van der Waals surface area contributed by atoms with Crippen LogP contribution in [-0.2, 0) is 28.4 Å². The Kier molecular flexibility index (Phi) is 32.1. The molecule has 0 rings (SSSR count). The first kappa shape index (κ1) is 115. The topological polar surface area (TPSA) is 136 Å². The second kappa shape index (κ2) is 33.4. The van der Waals surface area contributed by atoms with Crippen molar-refractivity contribution >= 4 is 0 Å². The zero-order valence-corrected chi connectivity index (χ0v) is 54.5. The van der Waals surface area contributed by atoms with Crippen molar-refractivity contribution in [3.8, 4) is 0 Å². The summed E-state index contributed by atoms with van der Waals surface area (Å²) in [7, 11) is 0. The van der Waals surface area contributed by atoms with Gasteiger partial charge in [0.05, 0.1) is 71.5 Å². The summed E-state index contributed by atoms with van der Waals surface area (Å²) in [5.74, 6) is -247. The third-order valence-corrected chi connectivity index (χ3v) is 15.0. The van der Waals surface area contributed by atoms with Crippen molar-refractivity contribution < 1.29 is 325 Å². The van der Waals surface area contributed by atoms with Crippen LogP contribution in [0.3, 0.4) is 0 Å². The van der Waals surface area contributed by atoms with Gasteiger partial charge in [-0.05, 0) is 0 Å². The zero-order chi connectivity index (χ0) is 97.7. The number of hydrogen-bond donors (Lipinski definition) is 4. The van der Waals surface area contributed by atoms with E-state index in [-0.39, 0.29) is 0 Å². The molecule has 4 N–H and O–H groups in total. The zero-order valence-electron chi connectivity index (χ0n) is 54.5. The van der Waals surface area contributed by atoms with E-state index in [1.165, 1.54) is 0 Å². The molecule has 120 heavy (non-hydrogen) atoms. The summed E-state index contributed by atoms with van der Waals surface area (Å²) in [6, 6.07) is 0. The Morgan fingerprint density at radius 3 is 0.358 bits per heavy atom. The molecule has 0 bridgehead atoms. The average Bonchev–Trinajstić information content (AvgIpc) is 0.693. The molecule has 0 saturated heterocycles. The highest BCUT2D eigenvalue weighted by atomic mass is 19.5. The summed E-state index contributed by atoms with van der Waals surface area (Å²) in [5, 5.41) is 39.9. The van der Waals surface area contributed by atoms with Crippen LogP contribution in [0.1, 0.15) is 0 Å². The maximum atomic E-state index is 14.4. The highest BCUT2D eigenvalue weighted by Gasteiger charge is 3.02. The van der Waals surface area contributed by atoms with Crippen molar-refractivity contribution in [1.82, 2.24) is 0 Å². The molecule has 0 amide bonds. The molecule has 10 nitrogen and oxygen atoms in total. The molecule has 0 aromatic heterocycles. The molecule has 3 unspecified atom stereocenters. The Bertz CT molecular complexity index is 3000. The van der Waals surface area contributed by atoms with Crippen molar-refractivity contribution in [2.45, 2.75) is 197 Å². The highest BCUT2D eigenvalue weighted by Crippen LogP contribution is 2.71. The molecular formula is C47H33F63O10. The summed E-state index contributed by atoms with van der Waals surface area (Å²) in [6.07, 6.45) is -34.7. The van der Waals surface area contributed by atoms with E-state index >= 15 is 0 Å². The van der Waals surface area contributed by atoms with Gasteiger partial charge in [-0.25, -0.2) is 0 Å². The first-order valence-corrected chi connectivity index (χ1v) is 28.1. The van der Waals surface area contributed by atoms with E-state index in [0.717, 1.165) is 0 Å². The minimum Gasteiger partial charge on any atom is -0.396 e. The SMILES string of the molecule is OCC(COCC(O)COCC(F)(F)C(F)(F)C(F)(F)C(F)(F)C(F)(F)C(F)(F)C(F)(F)C(F)(F)C(F)(F)C(F)(F)F)(COCC(O)COCC(F)(F)C(F)(F)C(F)(F)C(F)(F)C(F)(F)C(F)(F)C(F)(F)C(F)(F)C(F)(F)C(F)(F)F)COCC(O)COCC(F)(F)C(F)(F)C(F)(F)C(F)(F)C(F)(F)C(F)(F)C(F)(F)C(F)(F)C(F)(F)C(F)(F)F. The number of hydrogen-bond acceptors (Lipinski definition) is 10. The van der Waals surface area contributed by atoms with E-state index in [2.05, 4.69) is 28.4 Å². The molecular weight excluding hydrogens is 1920 g/mol. The maximum Gasteiger partial charge on any atom is 0.460 e. The van der Waals surface area contributed by atoms with Crippen LogP contribution < -0.4 is 0 Å². The Balaban J connectivity index is 7.31. The Morgan fingerprint density at radius 2 is 0.250 bits per heavy atom. The first-order chi connectivity index (χ1) is 51.6. The summed E-state index contributed by atoms with van der Waals surface area (Å²) in [5.41, 5.74) is -3.14. The van der Waals surface area contributed by atoms with Crippen LogP contribution in [0, 0.1) is 5.41 Å². The number of alkyl halides is 63. The number of halogens is 63. The summed E-state index contributed by atoms with van der Waals surface area (Å²) in [6.45, 7) is -33.7. The lowest BCUT2D eigenvalue weighted by molar-refractivity contribution is -0.474. The molecule has 0 radical (unpaired) electrons. The summed E-state index contributed by atoms with van der Waals surface area (Å²) < 4.78 is 890. The van der Waals surface area contributed by atoms with Gasteiger partial charge in [0.15, 0.2) is 0 Å². The molecule has 73 heteroatoms. The largest absolute Gasteiger partial charge is 0.460 e. The molecule has 3 atom stereocenters. The molecule has 0 heterocycles. The van der Waals surface area contributed by atoms with Crippen LogP contribution in [0.5, 0.6) is 0 Å². The van der Waals surface area contributed by atoms with Gasteiger partial charge in [-0.15, -0.1) is 0 Å². The van der Waals surface area contributed by atoms with Crippen LogP contribution in [0.25, 0.3) is 0 Å². The molecule has 0 fully saturated rings. The van der Waals surface area contributed by atoms with E-state index in [0.29, 0.717) is 0 Å². The molecule has 0 aromatic rings. The normalized spacial score (nSPS) is 17.7. The predicted octanol–water partition coefficient (Wildman–Crippen LogP) is 18.0. The van der Waals surface area contributed by atoms with Crippen LogP contribution in [0.2, 0.25) is 0 Å². The van der Waals surface area contributed by atoms with Crippen molar-refractivity contribution in [2.24, 2.45) is 5.41 Å². The fourth-order valence-electron chi connectivity index (χ4n) is 7.65. The Morgan fingerprint density at radius 1 is 0.150 bits per heavy atom. The number of aliphatic hydroxyl groups is 4. The quantitative estimate of drug-likeness (QED) is 0.0436. The highest BCUT2D eigenvalue weighted by molar-refractivity contribution is 5.22. The van der Waals surface area contributed by atoms with Gasteiger partial charge in [-0.1, -0.05) is 0 Å². The Labute approximate surface area is 614 Å². The van der Waals surface area contributed by atoms with Crippen LogP contribution >= 0.6 is 0 Å². The van der Waals surface area contributed by atoms with E-state index < -0.39 is 288 Å². The number of aliphatic hydroxyl groups excluding tert-OH is 4. The van der Waals surface area contributed by atoms with E-state index in [9.17, 15) is 297 Å². The monoisotopic (exact) mass is 1950 g/mol. The number of rotatable bonds is 49. The fourth-order valence-corrected chi connectivity index (χ4v) is 7.65. The van der Waals surface area contributed by atoms with Gasteiger partial charge in [-0.2, -0.15) is 277 Å². The van der Waals surface area contributed by atoms with Gasteiger partial charge < -0.3 is 48.8 Å². The standard InChI is InChI=1S/C47H33F63O10/c48-18(49,21(54,55)24(60,61)27(66,67)30(72,73)33(78,79)36(84,85)39(90,91)42(96,97)45(102,103)104)11-118-4-14(112)1-115-8-17(7-111,9-116-2-15(113)5-119-12-19(50,51)22(56,57)25(62,63)28(68,69)31(74,75)34(80,81)37(86,87)40(92,93)43(98,99)46(105,106)107)10-117-3-16(114)6-120-13-20(52,53)23(58,59)26(64,65)29(70,71)32(76,77)35(82,83)38(88,89)41(94,95)44(100,101)47(108,109)110/h14-16,111-114H,1-13H2. The summed E-state index contributed by atoms with van der Waals surface area (Å²) >= 11 is 0. The van der Waals surface area contributed by atoms with Gasteiger partial charge in [0, 0.05) is 0 Å². The minimum absolute atomic E-state index is 1.97. The van der Waals surface area contributed by atoms with E-state index in [4.69, 9.17) is 0 Å². The van der Waals surface area contributed by atoms with Crippen LogP contribution in [-0.4, -0.2) is 303 Å². The third kappa shape index (κ3) is 17.8. The smallest absolute Gasteiger partial charge is 0.396 e. The summed E-state index contributed by atoms with van der Waals surface area (Å²) in [4.78, 5) is 0. The maximum absolute atomic E-state index is 14.4. The number of ether oxygens (including phenoxy) is 6. The van der Waals surface area contributed by atoms with Gasteiger partial charge >= 0.3 is 178 Å². The average molecular weight is 1950 g/mol. The van der Waals surface area contributed by atoms with Crippen LogP contribution in [0.4, 0.5) is 277 Å². The first-order valence-electron chi connectivity index (χ1n) is 28.1. The van der Waals surface area contributed by atoms with Crippen LogP contribution in [0.15, 0.2) is 0 Å². The Hall–Kier alpha value is -4.81. The van der Waals surface area contributed by atoms with E-state index in [1.54, 1.807) is 0 Å². The van der Waals surface area contributed by atoms with Gasteiger partial charge in [0.1, 0.15) is 38.1 Å². The molecule has 0 aliphatic rings.